The van der Waals surface area contributed by atoms with Crippen LogP contribution in [0.4, 0.5) is 5.69 Å². The molecule has 1 aromatic rings. The highest BCUT2D eigenvalue weighted by Crippen LogP contribution is 2.30. The quantitative estimate of drug-likeness (QED) is 0.255. The number of fused-ring (bicyclic) bond motifs is 1. The Balaban J connectivity index is 2.11. The molecule has 1 aliphatic heterocycles. The molecule has 2 rings (SSSR count). The topological polar surface area (TPSA) is 80.5 Å². The van der Waals surface area contributed by atoms with Gasteiger partial charge >= 0.3 is 0 Å². The van der Waals surface area contributed by atoms with E-state index in [2.05, 4.69) is 0 Å². The summed E-state index contributed by atoms with van der Waals surface area (Å²) >= 11 is 5.58. The maximum atomic E-state index is 12.2. The lowest BCUT2D eigenvalue weighted by molar-refractivity contribution is -0.385. The van der Waals surface area contributed by atoms with Crippen LogP contribution in [0, 0.1) is 10.1 Å². The summed E-state index contributed by atoms with van der Waals surface area (Å²) in [4.78, 5) is 35.8. The van der Waals surface area contributed by atoms with Gasteiger partial charge in [-0.15, -0.1) is 11.6 Å². The van der Waals surface area contributed by atoms with Crippen molar-refractivity contribution in [2.75, 3.05) is 12.4 Å². The normalized spacial score (nSPS) is 13.7. The van der Waals surface area contributed by atoms with Crippen molar-refractivity contribution in [3.8, 4) is 0 Å². The molecule has 0 N–H and O–H groups in total. The monoisotopic (exact) mass is 310 g/mol. The van der Waals surface area contributed by atoms with Crippen LogP contribution in [0.1, 0.15) is 46.4 Å². The average Bonchev–Trinajstić information content (AvgIpc) is 2.71. The van der Waals surface area contributed by atoms with E-state index < -0.39 is 16.7 Å². The fraction of sp³-hybridized carbons (Fsp3) is 0.429. The van der Waals surface area contributed by atoms with Crippen LogP contribution in [0.2, 0.25) is 0 Å². The van der Waals surface area contributed by atoms with Crippen LogP contribution < -0.4 is 0 Å². The molecule has 0 saturated heterocycles. The van der Waals surface area contributed by atoms with Gasteiger partial charge in [-0.05, 0) is 18.9 Å². The molecule has 0 fully saturated rings. The third kappa shape index (κ3) is 3.05. The van der Waals surface area contributed by atoms with E-state index in [-0.39, 0.29) is 23.4 Å². The van der Waals surface area contributed by atoms with Gasteiger partial charge in [0.05, 0.1) is 10.5 Å². The molecule has 2 amide bonds. The summed E-state index contributed by atoms with van der Waals surface area (Å²) in [5, 5.41) is 11.0. The van der Waals surface area contributed by atoms with Crippen LogP contribution >= 0.6 is 11.6 Å². The highest BCUT2D eigenvalue weighted by atomic mass is 35.5. The largest absolute Gasteiger partial charge is 0.282 e. The first-order valence-electron chi connectivity index (χ1n) is 6.77. The lowest BCUT2D eigenvalue weighted by atomic mass is 10.1. The molecule has 1 aliphatic rings. The molecule has 0 aliphatic carbocycles. The van der Waals surface area contributed by atoms with Gasteiger partial charge in [-0.2, -0.15) is 0 Å². The number of carbonyl (C=O) groups is 2. The summed E-state index contributed by atoms with van der Waals surface area (Å²) in [7, 11) is 0. The highest BCUT2D eigenvalue weighted by molar-refractivity contribution is 6.23. The molecule has 7 heteroatoms. The highest BCUT2D eigenvalue weighted by Gasteiger charge is 2.40. The molecule has 21 heavy (non-hydrogen) atoms. The van der Waals surface area contributed by atoms with E-state index in [4.69, 9.17) is 11.6 Å². The van der Waals surface area contributed by atoms with Gasteiger partial charge in [0.15, 0.2) is 0 Å². The molecule has 0 unspecified atom stereocenters. The summed E-state index contributed by atoms with van der Waals surface area (Å²) in [6.45, 7) is 0.284. The van der Waals surface area contributed by atoms with Gasteiger partial charge in [-0.1, -0.05) is 18.9 Å². The maximum absolute atomic E-state index is 12.2. The van der Waals surface area contributed by atoms with E-state index in [0.29, 0.717) is 12.3 Å². The molecule has 0 aromatic heterocycles. The molecule has 0 bridgehead atoms. The zero-order chi connectivity index (χ0) is 15.4. The lowest BCUT2D eigenvalue weighted by Gasteiger charge is -2.13. The molecule has 1 heterocycles. The number of halogens is 1. The molecular formula is C14H15ClN2O4. The number of imide groups is 1. The Bertz CT molecular complexity index is 588. The van der Waals surface area contributed by atoms with Crippen molar-refractivity contribution in [1.82, 2.24) is 4.90 Å². The van der Waals surface area contributed by atoms with Crippen LogP contribution in [0.5, 0.6) is 0 Å². The second-order valence-corrected chi connectivity index (χ2v) is 5.20. The minimum Gasteiger partial charge on any atom is -0.274 e. The van der Waals surface area contributed by atoms with Gasteiger partial charge in [-0.3, -0.25) is 24.6 Å². The molecular weight excluding hydrogens is 296 g/mol. The summed E-state index contributed by atoms with van der Waals surface area (Å²) in [5.41, 5.74) is -0.279. The Morgan fingerprint density at radius 2 is 1.81 bits per heavy atom. The number of amides is 2. The van der Waals surface area contributed by atoms with Crippen molar-refractivity contribution in [2.45, 2.75) is 25.7 Å². The van der Waals surface area contributed by atoms with E-state index >= 15 is 0 Å². The number of hydrogen-bond donors (Lipinski definition) is 0. The Labute approximate surface area is 126 Å². The van der Waals surface area contributed by atoms with Gasteiger partial charge in [0.1, 0.15) is 5.56 Å². The number of rotatable bonds is 7. The number of nitrogens with zero attached hydrogens (tertiary/aromatic N) is 2. The minimum absolute atomic E-state index is 0.0896. The van der Waals surface area contributed by atoms with Crippen molar-refractivity contribution in [3.63, 3.8) is 0 Å². The Kier molecular flexibility index (Phi) is 4.90. The molecule has 6 nitrogen and oxygen atoms in total. The third-order valence-corrected chi connectivity index (χ3v) is 3.71. The number of benzene rings is 1. The Hall–Kier alpha value is -1.95. The number of carbonyl (C=O) groups excluding carboxylic acids is 2. The van der Waals surface area contributed by atoms with Crippen molar-refractivity contribution < 1.29 is 14.5 Å². The van der Waals surface area contributed by atoms with Crippen LogP contribution in [-0.4, -0.2) is 34.1 Å². The van der Waals surface area contributed by atoms with Crippen LogP contribution in [0.3, 0.4) is 0 Å². The van der Waals surface area contributed by atoms with Crippen LogP contribution in [0.25, 0.3) is 0 Å². The SMILES string of the molecule is O=C1c2cccc([N+](=O)[O-])c2C(=O)N1CCCCCCCl. The summed E-state index contributed by atoms with van der Waals surface area (Å²) in [5.74, 6) is -0.421. The first-order valence-corrected chi connectivity index (χ1v) is 7.31. The van der Waals surface area contributed by atoms with Gasteiger partial charge in [0.2, 0.25) is 0 Å². The van der Waals surface area contributed by atoms with E-state index in [1.807, 2.05) is 0 Å². The van der Waals surface area contributed by atoms with Gasteiger partial charge in [-0.25, -0.2) is 0 Å². The number of nitro benzene ring substituents is 1. The summed E-state index contributed by atoms with van der Waals surface area (Å²) in [6, 6.07) is 4.12. The first kappa shape index (κ1) is 15.4. The van der Waals surface area contributed by atoms with Crippen molar-refractivity contribution in [2.24, 2.45) is 0 Å². The fourth-order valence-corrected chi connectivity index (χ4v) is 2.58. The number of unbranched alkanes of at least 4 members (excludes halogenated alkanes) is 3. The Morgan fingerprint density at radius 1 is 1.10 bits per heavy atom. The number of hydrogen-bond acceptors (Lipinski definition) is 4. The standard InChI is InChI=1S/C14H15ClN2O4/c15-8-3-1-2-4-9-16-13(18)10-6-5-7-11(17(20)21)12(10)14(16)19/h5-7H,1-4,8-9H2. The van der Waals surface area contributed by atoms with Crippen molar-refractivity contribution >= 4 is 29.1 Å². The van der Waals surface area contributed by atoms with Gasteiger partial charge in [0, 0.05) is 18.5 Å². The molecule has 0 spiro atoms. The minimum atomic E-state index is -0.631. The van der Waals surface area contributed by atoms with Crippen molar-refractivity contribution in [1.29, 1.82) is 0 Å². The predicted molar refractivity (Wildman–Crippen MR) is 77.7 cm³/mol. The van der Waals surface area contributed by atoms with E-state index in [9.17, 15) is 19.7 Å². The van der Waals surface area contributed by atoms with Crippen LogP contribution in [-0.2, 0) is 0 Å². The van der Waals surface area contributed by atoms with Gasteiger partial charge in [0.25, 0.3) is 17.5 Å². The van der Waals surface area contributed by atoms with E-state index in [1.54, 1.807) is 0 Å². The third-order valence-electron chi connectivity index (χ3n) is 3.44. The molecule has 0 radical (unpaired) electrons. The first-order chi connectivity index (χ1) is 10.1. The van der Waals surface area contributed by atoms with Crippen molar-refractivity contribution in [3.05, 3.63) is 39.4 Å². The average molecular weight is 311 g/mol. The second-order valence-electron chi connectivity index (χ2n) is 4.82. The van der Waals surface area contributed by atoms with E-state index in [1.165, 1.54) is 18.2 Å². The predicted octanol–water partition coefficient (Wildman–Crippen LogP) is 2.99. The van der Waals surface area contributed by atoms with Gasteiger partial charge < -0.3 is 0 Å². The van der Waals surface area contributed by atoms with Crippen LogP contribution in [0.15, 0.2) is 18.2 Å². The zero-order valence-electron chi connectivity index (χ0n) is 11.4. The summed E-state index contributed by atoms with van der Waals surface area (Å²) in [6.07, 6.45) is 3.38. The maximum Gasteiger partial charge on any atom is 0.282 e. The smallest absolute Gasteiger partial charge is 0.274 e. The molecule has 0 atom stereocenters. The molecule has 0 saturated carbocycles. The number of nitro groups is 1. The fourth-order valence-electron chi connectivity index (χ4n) is 2.39. The second kappa shape index (κ2) is 6.67. The summed E-state index contributed by atoms with van der Waals surface area (Å²) < 4.78 is 0. The Morgan fingerprint density at radius 3 is 2.48 bits per heavy atom. The zero-order valence-corrected chi connectivity index (χ0v) is 12.1. The molecule has 112 valence electrons. The van der Waals surface area contributed by atoms with E-state index in [0.717, 1.165) is 24.2 Å². The molecule has 1 aromatic carbocycles. The number of alkyl halides is 1. The lowest BCUT2D eigenvalue weighted by Crippen LogP contribution is -2.30.